The third-order valence-electron chi connectivity index (χ3n) is 2.59. The summed E-state index contributed by atoms with van der Waals surface area (Å²) in [5.41, 5.74) is 0.910. The van der Waals surface area contributed by atoms with Crippen LogP contribution in [0.1, 0.15) is 11.0 Å². The van der Waals surface area contributed by atoms with Gasteiger partial charge in [0.15, 0.2) is 8.32 Å². The number of rotatable bonds is 5. The first kappa shape index (κ1) is 15.3. The summed E-state index contributed by atoms with van der Waals surface area (Å²) in [7, 11) is -1.69. The maximum atomic E-state index is 13.1. The quantitative estimate of drug-likeness (QED) is 0.411. The Morgan fingerprint density at radius 1 is 0.950 bits per heavy atom. The first-order valence-electron chi connectivity index (χ1n) is 6.59. The molecule has 1 unspecified atom stereocenters. The lowest BCUT2D eigenvalue weighted by Crippen LogP contribution is -2.26. The van der Waals surface area contributed by atoms with Crippen LogP contribution in [0.15, 0.2) is 59.5 Å². The van der Waals surface area contributed by atoms with Crippen LogP contribution in [0.25, 0.3) is 0 Å². The van der Waals surface area contributed by atoms with E-state index in [2.05, 4.69) is 31.8 Å². The normalized spacial score (nSPS) is 13.2. The zero-order valence-corrected chi connectivity index (χ0v) is 13.8. The van der Waals surface area contributed by atoms with Gasteiger partial charge in [0, 0.05) is 4.90 Å². The van der Waals surface area contributed by atoms with E-state index in [4.69, 9.17) is 4.43 Å². The van der Waals surface area contributed by atoms with E-state index >= 15 is 0 Å². The van der Waals surface area contributed by atoms with E-state index in [-0.39, 0.29) is 11.3 Å². The van der Waals surface area contributed by atoms with Crippen molar-refractivity contribution < 1.29 is 8.82 Å². The topological polar surface area (TPSA) is 9.23 Å². The Morgan fingerprint density at radius 3 is 2.10 bits per heavy atom. The molecule has 0 amide bonds. The Labute approximate surface area is 125 Å². The SMILES string of the molecule is C[Si](C)(C)OC(Sc1ccccc1)c1ccc(F)cc1. The van der Waals surface area contributed by atoms with Crippen LogP contribution in [0.5, 0.6) is 0 Å². The molecule has 2 aromatic carbocycles. The van der Waals surface area contributed by atoms with Gasteiger partial charge in [-0.1, -0.05) is 42.1 Å². The van der Waals surface area contributed by atoms with Gasteiger partial charge < -0.3 is 4.43 Å². The van der Waals surface area contributed by atoms with Crippen LogP contribution in [-0.2, 0) is 4.43 Å². The summed E-state index contributed by atoms with van der Waals surface area (Å²) >= 11 is 1.66. The standard InChI is InChI=1S/C16H19FOSSi/c1-20(2,3)18-16(13-9-11-14(17)12-10-13)19-15-7-5-4-6-8-15/h4-12,16H,1-3H3. The van der Waals surface area contributed by atoms with Crippen LogP contribution in [0.2, 0.25) is 19.6 Å². The molecule has 0 saturated carbocycles. The van der Waals surface area contributed by atoms with Crippen LogP contribution in [0, 0.1) is 5.82 Å². The average Bonchev–Trinajstić information content (AvgIpc) is 2.38. The molecule has 2 aromatic rings. The van der Waals surface area contributed by atoms with Gasteiger partial charge in [0.1, 0.15) is 11.3 Å². The van der Waals surface area contributed by atoms with Crippen LogP contribution in [-0.4, -0.2) is 8.32 Å². The van der Waals surface area contributed by atoms with Gasteiger partial charge in [-0.2, -0.15) is 0 Å². The molecule has 20 heavy (non-hydrogen) atoms. The Hall–Kier alpha value is -1.10. The predicted molar refractivity (Wildman–Crippen MR) is 85.9 cm³/mol. The van der Waals surface area contributed by atoms with Gasteiger partial charge in [-0.3, -0.25) is 0 Å². The van der Waals surface area contributed by atoms with Gasteiger partial charge in [0.2, 0.25) is 0 Å². The minimum absolute atomic E-state index is 0.0929. The van der Waals surface area contributed by atoms with Gasteiger partial charge in [0.05, 0.1) is 0 Å². The molecule has 2 rings (SSSR count). The molecule has 1 atom stereocenters. The molecular formula is C16H19FOSSi. The molecule has 0 aliphatic heterocycles. The predicted octanol–water partition coefficient (Wildman–Crippen LogP) is 5.47. The molecule has 0 spiro atoms. The van der Waals surface area contributed by atoms with Crippen molar-refractivity contribution in [3.05, 3.63) is 66.0 Å². The number of benzene rings is 2. The Kier molecular flexibility index (Phi) is 5.02. The van der Waals surface area contributed by atoms with E-state index in [9.17, 15) is 4.39 Å². The molecule has 0 heterocycles. The summed E-state index contributed by atoms with van der Waals surface area (Å²) in [6.07, 6.45) is 0. The largest absolute Gasteiger partial charge is 0.402 e. The van der Waals surface area contributed by atoms with Crippen molar-refractivity contribution in [3.63, 3.8) is 0 Å². The minimum Gasteiger partial charge on any atom is -0.402 e. The first-order chi connectivity index (χ1) is 9.44. The van der Waals surface area contributed by atoms with E-state index in [1.54, 1.807) is 23.9 Å². The number of thioether (sulfide) groups is 1. The molecule has 0 aliphatic carbocycles. The molecule has 1 nitrogen and oxygen atoms in total. The summed E-state index contributed by atoms with van der Waals surface area (Å²) in [6, 6.07) is 16.7. The molecule has 4 heteroatoms. The highest BCUT2D eigenvalue weighted by molar-refractivity contribution is 7.99. The van der Waals surface area contributed by atoms with Crippen LogP contribution in [0.4, 0.5) is 4.39 Å². The molecule has 0 aromatic heterocycles. The van der Waals surface area contributed by atoms with Crippen LogP contribution >= 0.6 is 11.8 Å². The highest BCUT2D eigenvalue weighted by Crippen LogP contribution is 2.38. The first-order valence-corrected chi connectivity index (χ1v) is 10.9. The summed E-state index contributed by atoms with van der Waals surface area (Å²) in [6.45, 7) is 6.49. The van der Waals surface area contributed by atoms with Crippen molar-refractivity contribution in [3.8, 4) is 0 Å². The lowest BCUT2D eigenvalue weighted by Gasteiger charge is -2.26. The van der Waals surface area contributed by atoms with E-state index in [0.717, 1.165) is 10.5 Å². The number of halogens is 1. The van der Waals surface area contributed by atoms with E-state index in [0.29, 0.717) is 0 Å². The lowest BCUT2D eigenvalue weighted by atomic mass is 10.2. The van der Waals surface area contributed by atoms with Crippen molar-refractivity contribution in [2.24, 2.45) is 0 Å². The molecule has 0 aliphatic rings. The fourth-order valence-electron chi connectivity index (χ4n) is 1.72. The fraction of sp³-hybridized carbons (Fsp3) is 0.250. The molecule has 0 N–H and O–H groups in total. The minimum atomic E-state index is -1.69. The van der Waals surface area contributed by atoms with Crippen molar-refractivity contribution in [2.45, 2.75) is 30.0 Å². The molecule has 0 radical (unpaired) electrons. The summed E-state index contributed by atoms with van der Waals surface area (Å²) in [5.74, 6) is -0.217. The molecule has 106 valence electrons. The van der Waals surface area contributed by atoms with Gasteiger partial charge >= 0.3 is 0 Å². The third kappa shape index (κ3) is 4.78. The fourth-order valence-corrected chi connectivity index (χ4v) is 4.42. The number of hydrogen-bond acceptors (Lipinski definition) is 2. The lowest BCUT2D eigenvalue weighted by molar-refractivity contribution is 0.288. The van der Waals surface area contributed by atoms with Crippen LogP contribution < -0.4 is 0 Å². The molecule has 0 fully saturated rings. The summed E-state index contributed by atoms with van der Waals surface area (Å²) in [4.78, 5) is 1.15. The summed E-state index contributed by atoms with van der Waals surface area (Å²) < 4.78 is 19.3. The van der Waals surface area contributed by atoms with Crippen molar-refractivity contribution in [1.82, 2.24) is 0 Å². The molecule has 0 bridgehead atoms. The van der Waals surface area contributed by atoms with Gasteiger partial charge in [-0.25, -0.2) is 4.39 Å². The molecular weight excluding hydrogens is 287 g/mol. The van der Waals surface area contributed by atoms with Crippen molar-refractivity contribution >= 4 is 20.1 Å². The Bertz CT molecular complexity index is 537. The second-order valence-corrected chi connectivity index (χ2v) is 11.1. The maximum absolute atomic E-state index is 13.1. The van der Waals surface area contributed by atoms with Gasteiger partial charge in [0.25, 0.3) is 0 Å². The third-order valence-corrected chi connectivity index (χ3v) is 4.83. The van der Waals surface area contributed by atoms with Crippen LogP contribution in [0.3, 0.4) is 0 Å². The second kappa shape index (κ2) is 6.57. The molecule has 0 saturated heterocycles. The average molecular weight is 306 g/mol. The Morgan fingerprint density at radius 2 is 1.55 bits per heavy atom. The van der Waals surface area contributed by atoms with Crippen molar-refractivity contribution in [1.29, 1.82) is 0 Å². The van der Waals surface area contributed by atoms with Gasteiger partial charge in [-0.05, 0) is 49.5 Å². The maximum Gasteiger partial charge on any atom is 0.185 e. The van der Waals surface area contributed by atoms with E-state index in [1.165, 1.54) is 12.1 Å². The monoisotopic (exact) mass is 306 g/mol. The summed E-state index contributed by atoms with van der Waals surface area (Å²) in [5, 5.41) is 0. The van der Waals surface area contributed by atoms with Crippen molar-refractivity contribution in [2.75, 3.05) is 0 Å². The van der Waals surface area contributed by atoms with E-state index in [1.807, 2.05) is 18.2 Å². The Balaban J connectivity index is 2.22. The van der Waals surface area contributed by atoms with Gasteiger partial charge in [-0.15, -0.1) is 0 Å². The zero-order valence-electron chi connectivity index (χ0n) is 12.0. The highest BCUT2D eigenvalue weighted by atomic mass is 32.2. The second-order valence-electron chi connectivity index (χ2n) is 5.54. The smallest absolute Gasteiger partial charge is 0.185 e. The van der Waals surface area contributed by atoms with E-state index < -0.39 is 8.32 Å². The zero-order chi connectivity index (χ0) is 14.6. The number of hydrogen-bond donors (Lipinski definition) is 0. The highest BCUT2D eigenvalue weighted by Gasteiger charge is 2.23.